The highest BCUT2D eigenvalue weighted by molar-refractivity contribution is 7.22. The van der Waals surface area contributed by atoms with E-state index in [0.29, 0.717) is 41.0 Å². The Bertz CT molecular complexity index is 1060. The van der Waals surface area contributed by atoms with Crippen LogP contribution in [0.2, 0.25) is 0 Å². The average Bonchev–Trinajstić information content (AvgIpc) is 3.35. The molecule has 0 radical (unpaired) electrons. The van der Waals surface area contributed by atoms with Crippen LogP contribution in [-0.4, -0.2) is 56.9 Å². The zero-order valence-electron chi connectivity index (χ0n) is 16.9. The van der Waals surface area contributed by atoms with E-state index < -0.39 is 0 Å². The molecular weight excluding hydrogens is 390 g/mol. The number of anilines is 1. The Balaban J connectivity index is 1.75. The van der Waals surface area contributed by atoms with Gasteiger partial charge >= 0.3 is 0 Å². The van der Waals surface area contributed by atoms with Crippen molar-refractivity contribution >= 4 is 32.6 Å². The van der Waals surface area contributed by atoms with E-state index in [1.165, 1.54) is 11.3 Å². The van der Waals surface area contributed by atoms with Crippen LogP contribution in [0.25, 0.3) is 10.2 Å². The average molecular weight is 413 g/mol. The quantitative estimate of drug-likeness (QED) is 0.616. The fourth-order valence-electron chi connectivity index (χ4n) is 3.15. The van der Waals surface area contributed by atoms with Crippen LogP contribution in [0.5, 0.6) is 17.2 Å². The highest BCUT2D eigenvalue weighted by Gasteiger charge is 2.25. The van der Waals surface area contributed by atoms with E-state index >= 15 is 0 Å². The summed E-state index contributed by atoms with van der Waals surface area (Å²) in [6, 6.07) is 9.17. The summed E-state index contributed by atoms with van der Waals surface area (Å²) in [6.45, 7) is 3.44. The molecule has 0 spiro atoms. The van der Waals surface area contributed by atoms with Gasteiger partial charge in [0.25, 0.3) is 5.91 Å². The van der Waals surface area contributed by atoms with Crippen molar-refractivity contribution in [3.63, 3.8) is 0 Å². The van der Waals surface area contributed by atoms with Crippen LogP contribution in [0.15, 0.2) is 30.3 Å². The van der Waals surface area contributed by atoms with Gasteiger partial charge in [0.15, 0.2) is 16.6 Å². The van der Waals surface area contributed by atoms with Crippen LogP contribution in [-0.2, 0) is 0 Å². The number of benzene rings is 2. The summed E-state index contributed by atoms with van der Waals surface area (Å²) in [4.78, 5) is 22.0. The molecule has 2 aromatic carbocycles. The molecule has 0 saturated carbocycles. The molecule has 1 aromatic heterocycles. The summed E-state index contributed by atoms with van der Waals surface area (Å²) >= 11 is 1.50. The van der Waals surface area contributed by atoms with Gasteiger partial charge in [0.2, 0.25) is 6.79 Å². The number of thiazole rings is 1. The fourth-order valence-corrected chi connectivity index (χ4v) is 4.22. The maximum Gasteiger partial charge on any atom is 0.260 e. The van der Waals surface area contributed by atoms with Crippen LogP contribution in [0.4, 0.5) is 5.13 Å². The number of carbonyl (C=O) groups is 1. The lowest BCUT2D eigenvalue weighted by Gasteiger charge is -2.22. The predicted molar refractivity (Wildman–Crippen MR) is 114 cm³/mol. The SMILES string of the molecule is COc1ccc(C)c2sc(N(CCN(C)C)C(=O)c3ccc4c(c3)OCO4)nc12. The molecule has 0 saturated heterocycles. The molecule has 3 aromatic rings. The highest BCUT2D eigenvalue weighted by Crippen LogP contribution is 2.38. The second-order valence-electron chi connectivity index (χ2n) is 7.09. The molecular formula is C21H23N3O4S. The molecule has 0 aliphatic carbocycles. The number of carbonyl (C=O) groups excluding carboxylic acids is 1. The first-order chi connectivity index (χ1) is 14.0. The van der Waals surface area contributed by atoms with E-state index in [0.717, 1.165) is 15.8 Å². The molecule has 1 amide bonds. The Morgan fingerprint density at radius 3 is 2.72 bits per heavy atom. The molecule has 0 unspecified atom stereocenters. The summed E-state index contributed by atoms with van der Waals surface area (Å²) in [5, 5.41) is 0.650. The van der Waals surface area contributed by atoms with Crippen LogP contribution in [0.3, 0.4) is 0 Å². The van der Waals surface area contributed by atoms with E-state index in [2.05, 4.69) is 0 Å². The lowest BCUT2D eigenvalue weighted by Crippen LogP contribution is -2.36. The number of methoxy groups -OCH3 is 1. The van der Waals surface area contributed by atoms with E-state index in [-0.39, 0.29) is 12.7 Å². The number of hydrogen-bond donors (Lipinski definition) is 0. The fraction of sp³-hybridized carbons (Fsp3) is 0.333. The molecule has 1 aliphatic heterocycles. The van der Waals surface area contributed by atoms with Crippen molar-refractivity contribution in [3.8, 4) is 17.2 Å². The molecule has 0 N–H and O–H groups in total. The van der Waals surface area contributed by atoms with Gasteiger partial charge in [-0.15, -0.1) is 0 Å². The third-order valence-electron chi connectivity index (χ3n) is 4.78. The van der Waals surface area contributed by atoms with Crippen molar-refractivity contribution in [2.45, 2.75) is 6.92 Å². The number of aryl methyl sites for hydroxylation is 1. The minimum absolute atomic E-state index is 0.124. The Labute approximate surface area is 173 Å². The number of hydrogen-bond acceptors (Lipinski definition) is 7. The van der Waals surface area contributed by atoms with Crippen molar-refractivity contribution in [1.82, 2.24) is 9.88 Å². The highest BCUT2D eigenvalue weighted by atomic mass is 32.1. The van der Waals surface area contributed by atoms with Gasteiger partial charge in [0.05, 0.1) is 11.8 Å². The van der Waals surface area contributed by atoms with Gasteiger partial charge < -0.3 is 19.1 Å². The van der Waals surface area contributed by atoms with Gasteiger partial charge in [0.1, 0.15) is 11.3 Å². The smallest absolute Gasteiger partial charge is 0.260 e. The number of rotatable bonds is 6. The van der Waals surface area contributed by atoms with Gasteiger partial charge in [-0.1, -0.05) is 17.4 Å². The summed E-state index contributed by atoms with van der Waals surface area (Å²) in [7, 11) is 5.59. The first-order valence-electron chi connectivity index (χ1n) is 9.28. The third kappa shape index (κ3) is 3.73. The van der Waals surface area contributed by atoms with Crippen molar-refractivity contribution < 1.29 is 19.0 Å². The van der Waals surface area contributed by atoms with Gasteiger partial charge in [-0.2, -0.15) is 0 Å². The number of likely N-dealkylation sites (N-methyl/N-ethyl adjacent to an activating group) is 1. The summed E-state index contributed by atoms with van der Waals surface area (Å²) in [6.07, 6.45) is 0. The zero-order valence-corrected chi connectivity index (χ0v) is 17.7. The normalized spacial score (nSPS) is 12.6. The number of nitrogens with zero attached hydrogens (tertiary/aromatic N) is 3. The molecule has 4 rings (SSSR count). The van der Waals surface area contributed by atoms with E-state index in [1.807, 2.05) is 38.1 Å². The molecule has 1 aliphatic rings. The van der Waals surface area contributed by atoms with Crippen LogP contribution in [0, 0.1) is 6.92 Å². The van der Waals surface area contributed by atoms with E-state index in [1.54, 1.807) is 30.2 Å². The summed E-state index contributed by atoms with van der Waals surface area (Å²) < 4.78 is 17.3. The molecule has 152 valence electrons. The zero-order chi connectivity index (χ0) is 20.5. The lowest BCUT2D eigenvalue weighted by atomic mass is 10.2. The van der Waals surface area contributed by atoms with Gasteiger partial charge in [-0.25, -0.2) is 4.98 Å². The molecule has 0 bridgehead atoms. The van der Waals surface area contributed by atoms with Gasteiger partial charge in [0, 0.05) is 18.7 Å². The number of fused-ring (bicyclic) bond motifs is 2. The molecule has 8 heteroatoms. The number of aromatic nitrogens is 1. The first kappa shape index (κ1) is 19.5. The van der Waals surface area contributed by atoms with Crippen molar-refractivity contribution in [2.75, 3.05) is 46.0 Å². The molecule has 0 atom stereocenters. The van der Waals surface area contributed by atoms with Crippen molar-refractivity contribution in [3.05, 3.63) is 41.5 Å². The summed E-state index contributed by atoms with van der Waals surface area (Å²) in [5.41, 5.74) is 2.42. The Hall–Kier alpha value is -2.84. The Morgan fingerprint density at radius 2 is 1.97 bits per heavy atom. The molecule has 29 heavy (non-hydrogen) atoms. The Morgan fingerprint density at radius 1 is 1.17 bits per heavy atom. The van der Waals surface area contributed by atoms with Gasteiger partial charge in [-0.05, 0) is 50.8 Å². The lowest BCUT2D eigenvalue weighted by molar-refractivity contribution is 0.0984. The second kappa shape index (κ2) is 7.88. The van der Waals surface area contributed by atoms with E-state index in [9.17, 15) is 4.79 Å². The minimum Gasteiger partial charge on any atom is -0.494 e. The predicted octanol–water partition coefficient (Wildman–Crippen LogP) is 3.55. The van der Waals surface area contributed by atoms with Crippen LogP contribution >= 0.6 is 11.3 Å². The van der Waals surface area contributed by atoms with Crippen molar-refractivity contribution in [1.29, 1.82) is 0 Å². The minimum atomic E-state index is -0.124. The van der Waals surface area contributed by atoms with Crippen molar-refractivity contribution in [2.24, 2.45) is 0 Å². The van der Waals surface area contributed by atoms with Crippen LogP contribution in [0.1, 0.15) is 15.9 Å². The molecule has 2 heterocycles. The maximum atomic E-state index is 13.4. The monoisotopic (exact) mass is 413 g/mol. The van der Waals surface area contributed by atoms with E-state index in [4.69, 9.17) is 19.2 Å². The second-order valence-corrected chi connectivity index (χ2v) is 8.06. The standard InChI is InChI=1S/C21H23N3O4S/c1-13-5-7-16(26-4)18-19(13)29-21(22-18)24(10-9-23(2)3)20(25)14-6-8-15-17(11-14)28-12-27-15/h5-8,11H,9-10,12H2,1-4H3. The number of ether oxygens (including phenoxy) is 3. The largest absolute Gasteiger partial charge is 0.494 e. The third-order valence-corrected chi connectivity index (χ3v) is 5.99. The summed E-state index contributed by atoms with van der Waals surface area (Å²) in [5.74, 6) is 1.82. The molecule has 7 nitrogen and oxygen atoms in total. The van der Waals surface area contributed by atoms with Crippen LogP contribution < -0.4 is 19.1 Å². The van der Waals surface area contributed by atoms with Gasteiger partial charge in [-0.3, -0.25) is 9.69 Å². The number of amides is 1. The topological polar surface area (TPSA) is 64.1 Å². The maximum absolute atomic E-state index is 13.4. The first-order valence-corrected chi connectivity index (χ1v) is 10.1. The Kier molecular flexibility index (Phi) is 5.29. The molecule has 0 fully saturated rings.